The van der Waals surface area contributed by atoms with E-state index in [1.807, 2.05) is 18.2 Å². The van der Waals surface area contributed by atoms with Gasteiger partial charge >= 0.3 is 0 Å². The van der Waals surface area contributed by atoms with Gasteiger partial charge < -0.3 is 15.2 Å². The number of nitrogens with two attached hydrogens (primary N) is 1. The lowest BCUT2D eigenvalue weighted by Crippen LogP contribution is -2.27. The van der Waals surface area contributed by atoms with Gasteiger partial charge in [-0.1, -0.05) is 18.2 Å². The normalized spacial score (nSPS) is 33.4. The fourth-order valence-electron chi connectivity index (χ4n) is 4.66. The fourth-order valence-corrected chi connectivity index (χ4v) is 4.66. The molecule has 3 aliphatic rings. The molecule has 4 heteroatoms. The van der Waals surface area contributed by atoms with Gasteiger partial charge in [-0.25, -0.2) is 0 Å². The molecule has 1 aliphatic heterocycles. The van der Waals surface area contributed by atoms with E-state index in [-0.39, 0.29) is 11.7 Å². The second kappa shape index (κ2) is 4.82. The lowest BCUT2D eigenvalue weighted by atomic mass is 9.90. The number of carbonyl (C=O) groups is 1. The first-order valence-electron chi connectivity index (χ1n) is 7.83. The molecule has 4 rings (SSSR count). The molecule has 0 bridgehead atoms. The first-order valence-corrected chi connectivity index (χ1v) is 7.83. The van der Waals surface area contributed by atoms with Gasteiger partial charge in [0.05, 0.1) is 13.2 Å². The van der Waals surface area contributed by atoms with E-state index in [4.69, 9.17) is 15.2 Å². The predicted octanol–water partition coefficient (Wildman–Crippen LogP) is 2.43. The van der Waals surface area contributed by atoms with Gasteiger partial charge in [0.25, 0.3) is 0 Å². The predicted molar refractivity (Wildman–Crippen MR) is 77.8 cm³/mol. The summed E-state index contributed by atoms with van der Waals surface area (Å²) in [5, 5.41) is 0. The largest absolute Gasteiger partial charge is 0.366 e. The van der Waals surface area contributed by atoms with Crippen LogP contribution in [0.25, 0.3) is 0 Å². The highest BCUT2D eigenvalue weighted by molar-refractivity contribution is 5.94. The van der Waals surface area contributed by atoms with Gasteiger partial charge in [0.2, 0.25) is 5.91 Å². The molecule has 2 aliphatic carbocycles. The molecule has 21 heavy (non-hydrogen) atoms. The molecule has 1 amide bonds. The molecule has 2 atom stereocenters. The fraction of sp³-hybridized carbons (Fsp3) is 0.588. The summed E-state index contributed by atoms with van der Waals surface area (Å²) in [5.41, 5.74) is 7.33. The molecule has 2 N–H and O–H groups in total. The number of primary amides is 1. The SMILES string of the molecule is NC(=O)c1ccccc1C1CC2CC3(CC2C1)OCCO3. The summed E-state index contributed by atoms with van der Waals surface area (Å²) in [4.78, 5) is 11.6. The second-order valence-electron chi connectivity index (χ2n) is 6.66. The first-order chi connectivity index (χ1) is 10.2. The molecule has 1 aromatic rings. The van der Waals surface area contributed by atoms with Crippen LogP contribution in [0.2, 0.25) is 0 Å². The third kappa shape index (κ3) is 2.17. The van der Waals surface area contributed by atoms with E-state index in [1.54, 1.807) is 0 Å². The van der Waals surface area contributed by atoms with E-state index in [2.05, 4.69) is 6.07 Å². The standard InChI is InChI=1S/C17H21NO3/c18-16(19)15-4-2-1-3-14(15)11-7-12-9-17(10-13(12)8-11)20-5-6-21-17/h1-4,11-13H,5-10H2,(H2,18,19). The number of rotatable bonds is 2. The van der Waals surface area contributed by atoms with Gasteiger partial charge in [0.1, 0.15) is 0 Å². The number of ether oxygens (including phenoxy) is 2. The maximum atomic E-state index is 11.6. The van der Waals surface area contributed by atoms with Crippen LogP contribution in [0.15, 0.2) is 24.3 Å². The van der Waals surface area contributed by atoms with Crippen molar-refractivity contribution in [2.75, 3.05) is 13.2 Å². The minimum Gasteiger partial charge on any atom is -0.366 e. The zero-order valence-corrected chi connectivity index (χ0v) is 12.1. The van der Waals surface area contributed by atoms with Crippen molar-refractivity contribution < 1.29 is 14.3 Å². The van der Waals surface area contributed by atoms with Crippen molar-refractivity contribution >= 4 is 5.91 Å². The van der Waals surface area contributed by atoms with E-state index in [1.165, 1.54) is 0 Å². The van der Waals surface area contributed by atoms with Crippen LogP contribution >= 0.6 is 0 Å². The molecule has 1 spiro atoms. The van der Waals surface area contributed by atoms with Gasteiger partial charge in [-0.05, 0) is 42.2 Å². The Kier molecular flexibility index (Phi) is 3.05. The Morgan fingerprint density at radius 3 is 2.33 bits per heavy atom. The summed E-state index contributed by atoms with van der Waals surface area (Å²) in [7, 11) is 0. The highest BCUT2D eigenvalue weighted by atomic mass is 16.7. The number of hydrogen-bond donors (Lipinski definition) is 1. The number of carbonyl (C=O) groups excluding carboxylic acids is 1. The zero-order chi connectivity index (χ0) is 14.4. The maximum Gasteiger partial charge on any atom is 0.248 e. The molecule has 112 valence electrons. The topological polar surface area (TPSA) is 61.6 Å². The van der Waals surface area contributed by atoms with Crippen LogP contribution < -0.4 is 5.73 Å². The van der Waals surface area contributed by atoms with Crippen molar-refractivity contribution in [3.8, 4) is 0 Å². The Labute approximate surface area is 124 Å². The van der Waals surface area contributed by atoms with Crippen molar-refractivity contribution in [3.05, 3.63) is 35.4 Å². The number of hydrogen-bond acceptors (Lipinski definition) is 3. The van der Waals surface area contributed by atoms with Crippen LogP contribution in [0, 0.1) is 11.8 Å². The smallest absolute Gasteiger partial charge is 0.248 e. The molecule has 1 heterocycles. The number of benzene rings is 1. The van der Waals surface area contributed by atoms with E-state index in [9.17, 15) is 4.79 Å². The molecule has 2 saturated carbocycles. The summed E-state index contributed by atoms with van der Waals surface area (Å²) in [6.45, 7) is 1.46. The average Bonchev–Trinajstić information content (AvgIpc) is 3.15. The van der Waals surface area contributed by atoms with E-state index in [0.29, 0.717) is 23.3 Å². The molecule has 1 saturated heterocycles. The molecule has 4 nitrogen and oxygen atoms in total. The Morgan fingerprint density at radius 1 is 1.10 bits per heavy atom. The minimum absolute atomic E-state index is 0.288. The third-order valence-electron chi connectivity index (χ3n) is 5.47. The zero-order valence-electron chi connectivity index (χ0n) is 12.1. The molecule has 0 aromatic heterocycles. The van der Waals surface area contributed by atoms with Crippen molar-refractivity contribution in [2.24, 2.45) is 17.6 Å². The van der Waals surface area contributed by atoms with Gasteiger partial charge in [-0.3, -0.25) is 4.79 Å². The summed E-state index contributed by atoms with van der Waals surface area (Å²) < 4.78 is 11.7. The lowest BCUT2D eigenvalue weighted by molar-refractivity contribution is -0.155. The van der Waals surface area contributed by atoms with E-state index >= 15 is 0 Å². The summed E-state index contributed by atoms with van der Waals surface area (Å²) in [6.07, 6.45) is 4.24. The second-order valence-corrected chi connectivity index (χ2v) is 6.66. The van der Waals surface area contributed by atoms with Crippen molar-refractivity contribution in [1.82, 2.24) is 0 Å². The van der Waals surface area contributed by atoms with Gasteiger partial charge in [0.15, 0.2) is 5.79 Å². The highest BCUT2D eigenvalue weighted by Gasteiger charge is 2.53. The monoisotopic (exact) mass is 287 g/mol. The van der Waals surface area contributed by atoms with E-state index < -0.39 is 0 Å². The molecular weight excluding hydrogens is 266 g/mol. The molecule has 0 radical (unpaired) electrons. The van der Waals surface area contributed by atoms with Crippen LogP contribution in [0.1, 0.15) is 47.5 Å². The summed E-state index contributed by atoms with van der Waals surface area (Å²) in [5.74, 6) is 1.14. The van der Waals surface area contributed by atoms with Crippen LogP contribution in [0.5, 0.6) is 0 Å². The van der Waals surface area contributed by atoms with Crippen molar-refractivity contribution in [2.45, 2.75) is 37.4 Å². The van der Waals surface area contributed by atoms with Crippen LogP contribution in [0.3, 0.4) is 0 Å². The summed E-state index contributed by atoms with van der Waals surface area (Å²) >= 11 is 0. The molecule has 1 aromatic carbocycles. The van der Waals surface area contributed by atoms with Crippen LogP contribution in [-0.4, -0.2) is 24.9 Å². The van der Waals surface area contributed by atoms with Gasteiger partial charge in [-0.15, -0.1) is 0 Å². The number of amides is 1. The van der Waals surface area contributed by atoms with Crippen LogP contribution in [-0.2, 0) is 9.47 Å². The Bertz CT molecular complexity index is 549. The average molecular weight is 287 g/mol. The quantitative estimate of drug-likeness (QED) is 0.908. The van der Waals surface area contributed by atoms with E-state index in [0.717, 1.165) is 44.5 Å². The Balaban J connectivity index is 1.53. The highest BCUT2D eigenvalue weighted by Crippen LogP contribution is 2.56. The molecule has 2 unspecified atom stereocenters. The minimum atomic E-state index is -0.318. The summed E-state index contributed by atoms with van der Waals surface area (Å²) in [6, 6.07) is 7.79. The lowest BCUT2D eigenvalue weighted by Gasteiger charge is -2.24. The Morgan fingerprint density at radius 2 is 1.71 bits per heavy atom. The molecular formula is C17H21NO3. The molecule has 3 fully saturated rings. The van der Waals surface area contributed by atoms with Crippen molar-refractivity contribution in [3.63, 3.8) is 0 Å². The Hall–Kier alpha value is -1.39. The first kappa shape index (κ1) is 13.3. The third-order valence-corrected chi connectivity index (χ3v) is 5.47. The number of fused-ring (bicyclic) bond motifs is 1. The van der Waals surface area contributed by atoms with Gasteiger partial charge in [0, 0.05) is 18.4 Å². The van der Waals surface area contributed by atoms with Crippen molar-refractivity contribution in [1.29, 1.82) is 0 Å². The van der Waals surface area contributed by atoms with Crippen LogP contribution in [0.4, 0.5) is 0 Å². The van der Waals surface area contributed by atoms with Gasteiger partial charge in [-0.2, -0.15) is 0 Å². The maximum absolute atomic E-state index is 11.6.